The van der Waals surface area contributed by atoms with Crippen molar-refractivity contribution in [3.8, 4) is 5.75 Å². The number of carbonyl (C=O) groups is 1. The Hall–Kier alpha value is -2.34. The largest absolute Gasteiger partial charge is 0.485 e. The zero-order valence-corrected chi connectivity index (χ0v) is 10.6. The summed E-state index contributed by atoms with van der Waals surface area (Å²) >= 11 is 1.15. The number of rotatable bonds is 4. The maximum absolute atomic E-state index is 10.9. The smallest absolute Gasteiger partial charge is 0.349 e. The molecule has 19 heavy (non-hydrogen) atoms. The van der Waals surface area contributed by atoms with E-state index in [-0.39, 0.29) is 11.5 Å². The average Bonchev–Trinajstić information content (AvgIpc) is 3.02. The van der Waals surface area contributed by atoms with E-state index in [1.54, 1.807) is 11.4 Å². The Labute approximate surface area is 112 Å². The van der Waals surface area contributed by atoms with Gasteiger partial charge in [0.15, 0.2) is 4.88 Å². The standard InChI is InChI=1S/C13H10N2O3S/c16-13(17)12-10(4-6-19-12)18-8-9-7-15-5-2-1-3-11(15)14-9/h1-7H,8H2,(H,16,17). The molecule has 0 fully saturated rings. The number of aromatic nitrogens is 2. The van der Waals surface area contributed by atoms with Gasteiger partial charge in [-0.25, -0.2) is 9.78 Å². The Bertz CT molecular complexity index is 699. The van der Waals surface area contributed by atoms with Crippen LogP contribution in [0.3, 0.4) is 0 Å². The summed E-state index contributed by atoms with van der Waals surface area (Å²) in [6.07, 6.45) is 3.77. The normalized spacial score (nSPS) is 10.7. The lowest BCUT2D eigenvalue weighted by molar-refractivity contribution is 0.0697. The number of ether oxygens (including phenoxy) is 1. The number of hydrogen-bond donors (Lipinski definition) is 1. The molecule has 5 nitrogen and oxygen atoms in total. The van der Waals surface area contributed by atoms with E-state index in [1.807, 2.05) is 35.0 Å². The van der Waals surface area contributed by atoms with Crippen molar-refractivity contribution in [3.63, 3.8) is 0 Å². The minimum Gasteiger partial charge on any atom is -0.485 e. The first-order chi connectivity index (χ1) is 9.24. The Kier molecular flexibility index (Phi) is 2.92. The van der Waals surface area contributed by atoms with Crippen molar-refractivity contribution in [3.05, 3.63) is 52.6 Å². The summed E-state index contributed by atoms with van der Waals surface area (Å²) < 4.78 is 7.40. The van der Waals surface area contributed by atoms with Gasteiger partial charge in [0.25, 0.3) is 0 Å². The van der Waals surface area contributed by atoms with Crippen molar-refractivity contribution in [2.45, 2.75) is 6.61 Å². The second-order valence-corrected chi connectivity index (χ2v) is 4.82. The highest BCUT2D eigenvalue weighted by Crippen LogP contribution is 2.25. The SMILES string of the molecule is O=C(O)c1sccc1OCc1cn2ccccc2n1. The van der Waals surface area contributed by atoms with Crippen LogP contribution in [-0.2, 0) is 6.61 Å². The number of hydrogen-bond acceptors (Lipinski definition) is 4. The molecule has 0 spiro atoms. The fourth-order valence-corrected chi connectivity index (χ4v) is 2.45. The van der Waals surface area contributed by atoms with Gasteiger partial charge < -0.3 is 14.2 Å². The average molecular weight is 274 g/mol. The van der Waals surface area contributed by atoms with Crippen molar-refractivity contribution in [2.75, 3.05) is 0 Å². The Morgan fingerprint density at radius 2 is 2.32 bits per heavy atom. The highest BCUT2D eigenvalue weighted by atomic mass is 32.1. The first-order valence-electron chi connectivity index (χ1n) is 5.60. The molecule has 96 valence electrons. The van der Waals surface area contributed by atoms with Gasteiger partial charge in [0.2, 0.25) is 0 Å². The number of imidazole rings is 1. The van der Waals surface area contributed by atoms with E-state index in [1.165, 1.54) is 0 Å². The van der Waals surface area contributed by atoms with Crippen molar-refractivity contribution in [2.24, 2.45) is 0 Å². The maximum Gasteiger partial charge on any atom is 0.349 e. The third-order valence-electron chi connectivity index (χ3n) is 2.61. The van der Waals surface area contributed by atoms with Crippen LogP contribution < -0.4 is 4.74 Å². The zero-order valence-electron chi connectivity index (χ0n) is 9.81. The van der Waals surface area contributed by atoms with Gasteiger partial charge in [-0.3, -0.25) is 0 Å². The molecule has 0 saturated heterocycles. The second-order valence-electron chi connectivity index (χ2n) is 3.91. The summed E-state index contributed by atoms with van der Waals surface area (Å²) in [5.41, 5.74) is 1.60. The van der Waals surface area contributed by atoms with Gasteiger partial charge in [0, 0.05) is 12.4 Å². The zero-order chi connectivity index (χ0) is 13.2. The lowest BCUT2D eigenvalue weighted by atomic mass is 10.4. The van der Waals surface area contributed by atoms with E-state index in [0.29, 0.717) is 5.75 Å². The topological polar surface area (TPSA) is 63.8 Å². The number of nitrogens with zero attached hydrogens (tertiary/aromatic N) is 2. The van der Waals surface area contributed by atoms with Gasteiger partial charge in [-0.2, -0.15) is 0 Å². The van der Waals surface area contributed by atoms with Gasteiger partial charge in [0.05, 0.1) is 5.69 Å². The van der Waals surface area contributed by atoms with Crippen LogP contribution in [0.4, 0.5) is 0 Å². The van der Waals surface area contributed by atoms with Gasteiger partial charge in [-0.05, 0) is 23.6 Å². The predicted molar refractivity (Wildman–Crippen MR) is 70.8 cm³/mol. The molecule has 3 rings (SSSR count). The third-order valence-corrected chi connectivity index (χ3v) is 3.50. The fourth-order valence-electron chi connectivity index (χ4n) is 1.78. The second kappa shape index (κ2) is 4.74. The minimum absolute atomic E-state index is 0.212. The Morgan fingerprint density at radius 1 is 1.42 bits per heavy atom. The summed E-state index contributed by atoms with van der Waals surface area (Å²) in [5, 5.41) is 10.7. The quantitative estimate of drug-likeness (QED) is 0.794. The fraction of sp³-hybridized carbons (Fsp3) is 0.0769. The molecule has 3 aromatic rings. The van der Waals surface area contributed by atoms with Crippen LogP contribution in [0.2, 0.25) is 0 Å². The Balaban J connectivity index is 1.78. The number of fused-ring (bicyclic) bond motifs is 1. The lowest BCUT2D eigenvalue weighted by Gasteiger charge is -2.02. The van der Waals surface area contributed by atoms with Gasteiger partial charge in [-0.1, -0.05) is 6.07 Å². The molecule has 0 amide bonds. The van der Waals surface area contributed by atoms with Crippen LogP contribution in [-0.4, -0.2) is 20.5 Å². The molecule has 1 N–H and O–H groups in total. The van der Waals surface area contributed by atoms with Crippen molar-refractivity contribution < 1.29 is 14.6 Å². The van der Waals surface area contributed by atoms with Crippen LogP contribution in [0.1, 0.15) is 15.4 Å². The van der Waals surface area contributed by atoms with Crippen molar-refractivity contribution in [1.29, 1.82) is 0 Å². The van der Waals surface area contributed by atoms with Crippen LogP contribution >= 0.6 is 11.3 Å². The number of aromatic carboxylic acids is 1. The maximum atomic E-state index is 10.9. The molecule has 3 aromatic heterocycles. The van der Waals surface area contributed by atoms with Crippen LogP contribution in [0.15, 0.2) is 42.0 Å². The lowest BCUT2D eigenvalue weighted by Crippen LogP contribution is -2.00. The van der Waals surface area contributed by atoms with Crippen LogP contribution in [0.5, 0.6) is 5.75 Å². The predicted octanol–water partition coefficient (Wildman–Crippen LogP) is 2.67. The van der Waals surface area contributed by atoms with Gasteiger partial charge >= 0.3 is 5.97 Å². The molecule has 0 aliphatic heterocycles. The molecule has 0 bridgehead atoms. The van der Waals surface area contributed by atoms with E-state index in [9.17, 15) is 4.79 Å². The highest BCUT2D eigenvalue weighted by Gasteiger charge is 2.13. The number of carboxylic acids is 1. The first kappa shape index (κ1) is 11.7. The van der Waals surface area contributed by atoms with Crippen LogP contribution in [0.25, 0.3) is 5.65 Å². The van der Waals surface area contributed by atoms with E-state index in [0.717, 1.165) is 22.7 Å². The monoisotopic (exact) mass is 274 g/mol. The number of carboxylic acid groups (broad SMARTS) is 1. The minimum atomic E-state index is -0.972. The van der Waals surface area contributed by atoms with Crippen molar-refractivity contribution >= 4 is 23.0 Å². The summed E-state index contributed by atoms with van der Waals surface area (Å²) in [7, 11) is 0. The third kappa shape index (κ3) is 2.30. The molecule has 0 radical (unpaired) electrons. The highest BCUT2D eigenvalue weighted by molar-refractivity contribution is 7.12. The van der Waals surface area contributed by atoms with E-state index in [2.05, 4.69) is 4.98 Å². The molecule has 0 aliphatic rings. The summed E-state index contributed by atoms with van der Waals surface area (Å²) in [5.74, 6) is -0.588. The molecular weight excluding hydrogens is 264 g/mol. The molecular formula is C13H10N2O3S. The van der Waals surface area contributed by atoms with E-state index >= 15 is 0 Å². The van der Waals surface area contributed by atoms with Gasteiger partial charge in [-0.15, -0.1) is 11.3 Å². The molecule has 3 heterocycles. The molecule has 0 unspecified atom stereocenters. The molecule has 0 aromatic carbocycles. The molecule has 0 saturated carbocycles. The summed E-state index contributed by atoms with van der Waals surface area (Å²) in [6, 6.07) is 7.38. The molecule has 0 aliphatic carbocycles. The first-order valence-corrected chi connectivity index (χ1v) is 6.48. The van der Waals surface area contributed by atoms with Gasteiger partial charge in [0.1, 0.15) is 18.0 Å². The number of pyridine rings is 1. The van der Waals surface area contributed by atoms with Crippen LogP contribution in [0, 0.1) is 0 Å². The van der Waals surface area contributed by atoms with E-state index in [4.69, 9.17) is 9.84 Å². The van der Waals surface area contributed by atoms with Crippen molar-refractivity contribution in [1.82, 2.24) is 9.38 Å². The Morgan fingerprint density at radius 3 is 3.11 bits per heavy atom. The molecule has 6 heteroatoms. The summed E-state index contributed by atoms with van der Waals surface area (Å²) in [4.78, 5) is 15.5. The van der Waals surface area contributed by atoms with E-state index < -0.39 is 5.97 Å². The number of thiophene rings is 1. The summed E-state index contributed by atoms with van der Waals surface area (Å²) in [6.45, 7) is 0.249. The molecule has 0 atom stereocenters.